The highest BCUT2D eigenvalue weighted by atomic mass is 32.2. The van der Waals surface area contributed by atoms with Crippen LogP contribution in [-0.2, 0) is 10.0 Å². The average molecular weight is 456 g/mol. The van der Waals surface area contributed by atoms with E-state index in [0.717, 1.165) is 40.8 Å². The zero-order chi connectivity index (χ0) is 23.0. The zero-order valence-corrected chi connectivity index (χ0v) is 19.9. The molecule has 0 N–H and O–H groups in total. The van der Waals surface area contributed by atoms with Crippen molar-refractivity contribution in [2.24, 2.45) is 5.92 Å². The van der Waals surface area contributed by atoms with E-state index in [0.29, 0.717) is 11.4 Å². The quantitative estimate of drug-likeness (QED) is 0.442. The fraction of sp³-hybridized carbons (Fsp3) is 0.241. The molecule has 33 heavy (non-hydrogen) atoms. The van der Waals surface area contributed by atoms with E-state index in [1.165, 1.54) is 5.56 Å². The maximum absolute atomic E-state index is 13.9. The largest absolute Gasteiger partial charge is 0.269 e. The van der Waals surface area contributed by atoms with E-state index in [9.17, 15) is 8.42 Å². The van der Waals surface area contributed by atoms with Gasteiger partial charge in [0.15, 0.2) is 0 Å². The summed E-state index contributed by atoms with van der Waals surface area (Å²) in [6, 6.07) is 25.9. The SMILES string of the molecule is Cc1ccc(C2=CC(c3ccccc3)CN(S(=O)(=O)c3ccc(C)cc3)C(C3CC3)=C2)cc1. The van der Waals surface area contributed by atoms with Crippen LogP contribution in [0.3, 0.4) is 0 Å². The van der Waals surface area contributed by atoms with Gasteiger partial charge in [-0.25, -0.2) is 8.42 Å². The van der Waals surface area contributed by atoms with Gasteiger partial charge in [-0.15, -0.1) is 0 Å². The first kappa shape index (κ1) is 21.7. The molecule has 1 heterocycles. The Bertz CT molecular complexity index is 1300. The van der Waals surface area contributed by atoms with Crippen LogP contribution in [0.2, 0.25) is 0 Å². The minimum absolute atomic E-state index is 0.0461. The molecule has 0 bridgehead atoms. The molecule has 0 radical (unpaired) electrons. The Balaban J connectivity index is 1.65. The fourth-order valence-electron chi connectivity index (χ4n) is 4.44. The van der Waals surface area contributed by atoms with Crippen molar-refractivity contribution in [3.8, 4) is 0 Å². The van der Waals surface area contributed by atoms with Crippen molar-refractivity contribution < 1.29 is 8.42 Å². The summed E-state index contributed by atoms with van der Waals surface area (Å²) >= 11 is 0. The summed E-state index contributed by atoms with van der Waals surface area (Å²) in [5.74, 6) is 0.240. The highest BCUT2D eigenvalue weighted by molar-refractivity contribution is 7.89. The molecule has 0 spiro atoms. The second kappa shape index (κ2) is 8.68. The third-order valence-corrected chi connectivity index (χ3v) is 8.36. The second-order valence-electron chi connectivity index (χ2n) is 9.20. The predicted octanol–water partition coefficient (Wildman–Crippen LogP) is 6.47. The molecule has 0 aromatic heterocycles. The molecule has 1 aliphatic heterocycles. The average Bonchev–Trinajstić information content (AvgIpc) is 3.67. The molecular weight excluding hydrogens is 426 g/mol. The topological polar surface area (TPSA) is 37.4 Å². The van der Waals surface area contributed by atoms with Crippen molar-refractivity contribution in [1.82, 2.24) is 4.31 Å². The molecular formula is C29H29NO2S. The molecule has 3 nitrogen and oxygen atoms in total. The highest BCUT2D eigenvalue weighted by Crippen LogP contribution is 2.44. The summed E-state index contributed by atoms with van der Waals surface area (Å²) in [6.07, 6.45) is 6.43. The molecule has 1 aliphatic carbocycles. The number of benzene rings is 3. The van der Waals surface area contributed by atoms with Gasteiger partial charge in [-0.3, -0.25) is 4.31 Å². The van der Waals surface area contributed by atoms with Crippen LogP contribution >= 0.6 is 0 Å². The van der Waals surface area contributed by atoms with Crippen molar-refractivity contribution in [2.75, 3.05) is 6.54 Å². The van der Waals surface area contributed by atoms with Crippen molar-refractivity contribution in [3.63, 3.8) is 0 Å². The Morgan fingerprint density at radius 2 is 1.39 bits per heavy atom. The van der Waals surface area contributed by atoms with Crippen LogP contribution in [0.5, 0.6) is 0 Å². The van der Waals surface area contributed by atoms with Gasteiger partial charge < -0.3 is 0 Å². The van der Waals surface area contributed by atoms with Crippen LogP contribution in [0, 0.1) is 19.8 Å². The molecule has 0 amide bonds. The van der Waals surface area contributed by atoms with E-state index in [4.69, 9.17) is 0 Å². The van der Waals surface area contributed by atoms with E-state index in [1.54, 1.807) is 16.4 Å². The number of rotatable bonds is 5. The lowest BCUT2D eigenvalue weighted by Crippen LogP contribution is -2.34. The van der Waals surface area contributed by atoms with Crippen LogP contribution in [0.1, 0.15) is 41.0 Å². The smallest absolute Gasteiger partial charge is 0.264 e. The van der Waals surface area contributed by atoms with E-state index in [1.807, 2.05) is 37.3 Å². The molecule has 1 saturated carbocycles. The molecule has 168 valence electrons. The molecule has 0 saturated heterocycles. The first-order valence-corrected chi connectivity index (χ1v) is 13.0. The molecule has 2 aliphatic rings. The summed E-state index contributed by atoms with van der Waals surface area (Å²) in [4.78, 5) is 0.352. The van der Waals surface area contributed by atoms with E-state index in [2.05, 4.69) is 55.5 Å². The summed E-state index contributed by atoms with van der Waals surface area (Å²) in [6.45, 7) is 4.46. The molecule has 1 atom stereocenters. The lowest BCUT2D eigenvalue weighted by atomic mass is 9.94. The summed E-state index contributed by atoms with van der Waals surface area (Å²) in [5, 5.41) is 0. The number of hydrogen-bond donors (Lipinski definition) is 0. The van der Waals surface area contributed by atoms with Gasteiger partial charge in [0.2, 0.25) is 0 Å². The Hall–Kier alpha value is -3.11. The van der Waals surface area contributed by atoms with Gasteiger partial charge >= 0.3 is 0 Å². The van der Waals surface area contributed by atoms with E-state index >= 15 is 0 Å². The standard InChI is InChI=1S/C29H29NO2S/c1-21-8-12-24(13-9-21)26-18-27(23-6-4-3-5-7-23)20-30(29(19-26)25-14-15-25)33(31,32)28-16-10-22(2)11-17-28/h3-13,16-19,25,27H,14-15,20H2,1-2H3. The van der Waals surface area contributed by atoms with Gasteiger partial charge in [-0.1, -0.05) is 83.9 Å². The van der Waals surface area contributed by atoms with Crippen molar-refractivity contribution in [1.29, 1.82) is 0 Å². The normalized spacial score (nSPS) is 19.0. The number of allylic oxidation sites excluding steroid dienone is 3. The summed E-state index contributed by atoms with van der Waals surface area (Å²) in [7, 11) is -3.68. The minimum atomic E-state index is -3.68. The van der Waals surface area contributed by atoms with Crippen LogP contribution in [-0.4, -0.2) is 19.3 Å². The molecule has 4 heteroatoms. The van der Waals surface area contributed by atoms with Crippen molar-refractivity contribution in [2.45, 2.75) is 37.5 Å². The molecule has 5 rings (SSSR count). The molecule has 3 aromatic carbocycles. The van der Waals surface area contributed by atoms with Gasteiger partial charge in [0.25, 0.3) is 10.0 Å². The maximum Gasteiger partial charge on any atom is 0.264 e. The lowest BCUT2D eigenvalue weighted by molar-refractivity contribution is 0.449. The van der Waals surface area contributed by atoms with Gasteiger partial charge in [0.1, 0.15) is 0 Å². The van der Waals surface area contributed by atoms with Crippen LogP contribution in [0.15, 0.2) is 102 Å². The van der Waals surface area contributed by atoms with E-state index in [-0.39, 0.29) is 11.8 Å². The number of hydrogen-bond acceptors (Lipinski definition) is 2. The molecule has 3 aromatic rings. The number of sulfonamides is 1. The highest BCUT2D eigenvalue weighted by Gasteiger charge is 2.38. The zero-order valence-electron chi connectivity index (χ0n) is 19.1. The van der Waals surface area contributed by atoms with Crippen molar-refractivity contribution >= 4 is 15.6 Å². The third kappa shape index (κ3) is 4.53. The van der Waals surface area contributed by atoms with Gasteiger partial charge in [0, 0.05) is 18.2 Å². The first-order valence-electron chi connectivity index (χ1n) is 11.6. The van der Waals surface area contributed by atoms with E-state index < -0.39 is 10.0 Å². The lowest BCUT2D eigenvalue weighted by Gasteiger charge is -2.29. The number of nitrogens with zero attached hydrogens (tertiary/aromatic N) is 1. The number of aryl methyl sites for hydroxylation is 2. The monoisotopic (exact) mass is 455 g/mol. The molecule has 1 unspecified atom stereocenters. The third-order valence-electron chi connectivity index (χ3n) is 6.55. The predicted molar refractivity (Wildman–Crippen MR) is 134 cm³/mol. The van der Waals surface area contributed by atoms with Gasteiger partial charge in [-0.2, -0.15) is 0 Å². The van der Waals surface area contributed by atoms with Crippen molar-refractivity contribution in [3.05, 3.63) is 119 Å². The Kier molecular flexibility index (Phi) is 5.71. The van der Waals surface area contributed by atoms with Gasteiger partial charge in [-0.05, 0) is 67.5 Å². The Morgan fingerprint density at radius 1 is 0.788 bits per heavy atom. The summed E-state index contributed by atoms with van der Waals surface area (Å²) < 4.78 is 29.5. The summed E-state index contributed by atoms with van der Waals surface area (Å²) in [5.41, 5.74) is 6.51. The second-order valence-corrected chi connectivity index (χ2v) is 11.1. The Morgan fingerprint density at radius 3 is 2.00 bits per heavy atom. The van der Waals surface area contributed by atoms with Crippen LogP contribution < -0.4 is 0 Å². The first-order chi connectivity index (χ1) is 15.9. The van der Waals surface area contributed by atoms with Crippen LogP contribution in [0.25, 0.3) is 5.57 Å². The minimum Gasteiger partial charge on any atom is -0.269 e. The van der Waals surface area contributed by atoms with Crippen LogP contribution in [0.4, 0.5) is 0 Å². The maximum atomic E-state index is 13.9. The van der Waals surface area contributed by atoms with Gasteiger partial charge in [0.05, 0.1) is 4.90 Å². The Labute approximate surface area is 197 Å². The fourth-order valence-corrected chi connectivity index (χ4v) is 6.01. The molecule has 1 fully saturated rings.